The van der Waals surface area contributed by atoms with Gasteiger partial charge in [-0.05, 0) is 18.4 Å². The number of hydrogen-bond donors (Lipinski definition) is 2. The number of carbonyl (C=O) groups is 1. The first-order valence-corrected chi connectivity index (χ1v) is 7.78. The topological polar surface area (TPSA) is 75.4 Å². The summed E-state index contributed by atoms with van der Waals surface area (Å²) in [4.78, 5) is 16.1. The molecule has 0 saturated heterocycles. The Balaban J connectivity index is 1.89. The molecular weight excluding hydrogens is 288 g/mol. The zero-order valence-corrected chi connectivity index (χ0v) is 12.2. The Labute approximate surface area is 126 Å². The molecule has 0 amide bonds. The second kappa shape index (κ2) is 5.91. The van der Waals surface area contributed by atoms with Crippen LogP contribution in [0.5, 0.6) is 0 Å². The minimum Gasteiger partial charge on any atom is -0.480 e. The van der Waals surface area contributed by atoms with Crippen LogP contribution in [0.2, 0.25) is 0 Å². The van der Waals surface area contributed by atoms with Crippen molar-refractivity contribution in [2.24, 2.45) is 0 Å². The van der Waals surface area contributed by atoms with Crippen LogP contribution in [0.4, 0.5) is 0 Å². The van der Waals surface area contributed by atoms with Gasteiger partial charge < -0.3 is 9.52 Å². The number of nitrogens with one attached hydrogen (secondary N) is 1. The zero-order chi connectivity index (χ0) is 14.7. The van der Waals surface area contributed by atoms with Crippen LogP contribution in [0.25, 0.3) is 0 Å². The standard InChI is InChI=1S/C15H16N2O3S/c18-13(19)15(17-12-6-7-12,11-4-2-1-3-5-11)10-21-14-16-8-9-20-14/h1-5,8-9,12,17H,6-7,10H2,(H,18,19). The number of benzene rings is 1. The molecule has 1 fully saturated rings. The van der Waals surface area contributed by atoms with E-state index in [1.54, 1.807) is 6.20 Å². The Hall–Kier alpha value is -1.79. The van der Waals surface area contributed by atoms with Gasteiger partial charge in [-0.25, -0.2) is 9.78 Å². The van der Waals surface area contributed by atoms with E-state index in [-0.39, 0.29) is 6.04 Å². The maximum absolute atomic E-state index is 12.0. The molecule has 2 N–H and O–H groups in total. The van der Waals surface area contributed by atoms with Crippen LogP contribution < -0.4 is 5.32 Å². The Morgan fingerprint density at radius 2 is 2.19 bits per heavy atom. The second-order valence-electron chi connectivity index (χ2n) is 5.08. The first-order chi connectivity index (χ1) is 10.2. The molecule has 2 aromatic rings. The van der Waals surface area contributed by atoms with Gasteiger partial charge in [-0.3, -0.25) is 5.32 Å². The normalized spacial score (nSPS) is 17.3. The van der Waals surface area contributed by atoms with E-state index in [4.69, 9.17) is 4.42 Å². The molecule has 1 aliphatic carbocycles. The van der Waals surface area contributed by atoms with Crippen molar-refractivity contribution in [3.8, 4) is 0 Å². The number of hydrogen-bond acceptors (Lipinski definition) is 5. The minimum atomic E-state index is -1.12. The fourth-order valence-corrected chi connectivity index (χ4v) is 3.18. The molecule has 0 spiro atoms. The number of rotatable bonds is 7. The third-order valence-electron chi connectivity index (χ3n) is 3.48. The summed E-state index contributed by atoms with van der Waals surface area (Å²) in [6.45, 7) is 0. The van der Waals surface area contributed by atoms with Gasteiger partial charge in [-0.2, -0.15) is 0 Å². The number of aromatic nitrogens is 1. The Morgan fingerprint density at radius 1 is 1.43 bits per heavy atom. The molecule has 1 aromatic heterocycles. The van der Waals surface area contributed by atoms with E-state index >= 15 is 0 Å². The molecule has 1 saturated carbocycles. The number of nitrogens with zero attached hydrogens (tertiary/aromatic N) is 1. The van der Waals surface area contributed by atoms with Crippen molar-refractivity contribution in [2.75, 3.05) is 5.75 Å². The summed E-state index contributed by atoms with van der Waals surface area (Å²) in [5.41, 5.74) is -0.370. The van der Waals surface area contributed by atoms with Crippen LogP contribution in [0, 0.1) is 0 Å². The van der Waals surface area contributed by atoms with Crippen LogP contribution in [0.1, 0.15) is 18.4 Å². The van der Waals surface area contributed by atoms with Gasteiger partial charge in [0.2, 0.25) is 0 Å². The van der Waals surface area contributed by atoms with Crippen molar-refractivity contribution >= 4 is 17.7 Å². The van der Waals surface area contributed by atoms with Crippen molar-refractivity contribution in [1.29, 1.82) is 0 Å². The van der Waals surface area contributed by atoms with Gasteiger partial charge in [0.1, 0.15) is 6.26 Å². The lowest BCUT2D eigenvalue weighted by Gasteiger charge is -2.30. The molecule has 3 rings (SSSR count). The third kappa shape index (κ3) is 3.11. The lowest BCUT2D eigenvalue weighted by Crippen LogP contribution is -2.52. The van der Waals surface area contributed by atoms with E-state index < -0.39 is 11.5 Å². The van der Waals surface area contributed by atoms with Crippen molar-refractivity contribution in [3.63, 3.8) is 0 Å². The summed E-state index contributed by atoms with van der Waals surface area (Å²) in [6, 6.07) is 9.56. The fourth-order valence-electron chi connectivity index (χ4n) is 2.21. The summed E-state index contributed by atoms with van der Waals surface area (Å²) < 4.78 is 5.20. The monoisotopic (exact) mass is 304 g/mol. The molecule has 1 heterocycles. The van der Waals surface area contributed by atoms with E-state index in [0.717, 1.165) is 18.4 Å². The van der Waals surface area contributed by atoms with E-state index in [9.17, 15) is 9.90 Å². The smallest absolute Gasteiger partial charge is 0.329 e. The molecule has 0 bridgehead atoms. The molecular formula is C15H16N2O3S. The molecule has 1 unspecified atom stereocenters. The van der Waals surface area contributed by atoms with Crippen molar-refractivity contribution in [1.82, 2.24) is 10.3 Å². The van der Waals surface area contributed by atoms with Gasteiger partial charge in [-0.1, -0.05) is 42.1 Å². The number of oxazole rings is 1. The van der Waals surface area contributed by atoms with Crippen molar-refractivity contribution < 1.29 is 14.3 Å². The second-order valence-corrected chi connectivity index (χ2v) is 6.01. The molecule has 0 radical (unpaired) electrons. The number of carboxylic acids is 1. The average Bonchev–Trinajstić information content (AvgIpc) is 3.16. The largest absolute Gasteiger partial charge is 0.480 e. The van der Waals surface area contributed by atoms with E-state index in [1.807, 2.05) is 30.3 Å². The van der Waals surface area contributed by atoms with Gasteiger partial charge in [0.15, 0.2) is 5.54 Å². The van der Waals surface area contributed by atoms with Gasteiger partial charge in [0, 0.05) is 11.8 Å². The van der Waals surface area contributed by atoms with Crippen LogP contribution in [0.3, 0.4) is 0 Å². The summed E-state index contributed by atoms with van der Waals surface area (Å²) in [7, 11) is 0. The Morgan fingerprint density at radius 3 is 2.76 bits per heavy atom. The van der Waals surface area contributed by atoms with Crippen LogP contribution in [0.15, 0.2) is 52.4 Å². The lowest BCUT2D eigenvalue weighted by atomic mass is 9.91. The molecule has 6 heteroatoms. The highest BCUT2D eigenvalue weighted by molar-refractivity contribution is 7.99. The van der Waals surface area contributed by atoms with Gasteiger partial charge in [0.05, 0.1) is 6.20 Å². The number of thioether (sulfide) groups is 1. The van der Waals surface area contributed by atoms with Crippen molar-refractivity contribution in [2.45, 2.75) is 29.6 Å². The Bertz CT molecular complexity index is 599. The Kier molecular flexibility index (Phi) is 3.98. The van der Waals surface area contributed by atoms with Crippen molar-refractivity contribution in [3.05, 3.63) is 48.4 Å². The van der Waals surface area contributed by atoms with Crippen LogP contribution >= 0.6 is 11.8 Å². The molecule has 110 valence electrons. The predicted octanol–water partition coefficient (Wildman–Crippen LogP) is 2.50. The molecule has 1 aromatic carbocycles. The SMILES string of the molecule is O=C(O)C(CSc1ncco1)(NC1CC1)c1ccccc1. The first-order valence-electron chi connectivity index (χ1n) is 6.79. The molecule has 1 aliphatic rings. The summed E-state index contributed by atoms with van der Waals surface area (Å²) in [5, 5.41) is 13.6. The average molecular weight is 304 g/mol. The summed E-state index contributed by atoms with van der Waals surface area (Å²) in [5.74, 6) is -0.553. The molecule has 1 atom stereocenters. The molecule has 21 heavy (non-hydrogen) atoms. The lowest BCUT2D eigenvalue weighted by molar-refractivity contribution is -0.144. The zero-order valence-electron chi connectivity index (χ0n) is 11.4. The summed E-state index contributed by atoms with van der Waals surface area (Å²) >= 11 is 1.31. The quantitative estimate of drug-likeness (QED) is 0.766. The fraction of sp³-hybridized carbons (Fsp3) is 0.333. The molecule has 5 nitrogen and oxygen atoms in total. The highest BCUT2D eigenvalue weighted by atomic mass is 32.2. The van der Waals surface area contributed by atoms with E-state index in [0.29, 0.717) is 11.0 Å². The maximum atomic E-state index is 12.0. The van der Waals surface area contributed by atoms with E-state index in [2.05, 4.69) is 10.3 Å². The predicted molar refractivity (Wildman–Crippen MR) is 79.1 cm³/mol. The number of carboxylic acid groups (broad SMARTS) is 1. The highest BCUT2D eigenvalue weighted by Crippen LogP contribution is 2.33. The highest BCUT2D eigenvalue weighted by Gasteiger charge is 2.44. The first kappa shape index (κ1) is 14.2. The van der Waals surface area contributed by atoms with E-state index in [1.165, 1.54) is 18.0 Å². The van der Waals surface area contributed by atoms with Gasteiger partial charge >= 0.3 is 5.97 Å². The van der Waals surface area contributed by atoms with Crippen LogP contribution in [-0.2, 0) is 10.3 Å². The minimum absolute atomic E-state index is 0.270. The summed E-state index contributed by atoms with van der Waals surface area (Å²) in [6.07, 6.45) is 5.08. The van der Waals surface area contributed by atoms with Gasteiger partial charge in [0.25, 0.3) is 5.22 Å². The third-order valence-corrected chi connectivity index (χ3v) is 4.51. The van der Waals surface area contributed by atoms with Crippen LogP contribution in [-0.4, -0.2) is 27.9 Å². The molecule has 0 aliphatic heterocycles. The number of aliphatic carboxylic acids is 1. The maximum Gasteiger partial charge on any atom is 0.329 e. The van der Waals surface area contributed by atoms with Gasteiger partial charge in [-0.15, -0.1) is 0 Å².